The minimum atomic E-state index is -4.86. The summed E-state index contributed by atoms with van der Waals surface area (Å²) in [5.74, 6) is -0.925. The molecule has 0 fully saturated rings. The molecule has 1 atom stereocenters. The largest absolute Gasteiger partial charge is 0.430 e. The number of hydrogen-bond acceptors (Lipinski definition) is 6. The number of hydrogen-bond donors (Lipinski definition) is 4. The van der Waals surface area contributed by atoms with Crippen molar-refractivity contribution in [2.24, 2.45) is 10.7 Å². The van der Waals surface area contributed by atoms with Gasteiger partial charge in [-0.15, -0.1) is 0 Å². The number of aliphatic hydroxyl groups is 1. The number of nitrogens with one attached hydrogen (secondary N) is 2. The Labute approximate surface area is 211 Å². The summed E-state index contributed by atoms with van der Waals surface area (Å²) in [5.41, 5.74) is 5.40. The summed E-state index contributed by atoms with van der Waals surface area (Å²) in [6.45, 7) is 0.232. The van der Waals surface area contributed by atoms with E-state index < -0.39 is 23.5 Å². The Hall–Kier alpha value is -4.46. The molecule has 0 saturated heterocycles. The molecule has 0 bridgehead atoms. The molecular formula is C27H24F3N5O2. The van der Waals surface area contributed by atoms with E-state index in [1.807, 2.05) is 42.5 Å². The first-order valence-electron chi connectivity index (χ1n) is 11.1. The minimum Gasteiger partial charge on any atom is -0.395 e. The third kappa shape index (κ3) is 7.76. The van der Waals surface area contributed by atoms with E-state index in [4.69, 9.17) is 11.0 Å². The van der Waals surface area contributed by atoms with Crippen LogP contribution >= 0.6 is 0 Å². The second-order valence-electron chi connectivity index (χ2n) is 7.86. The second kappa shape index (κ2) is 12.5. The number of carbonyl (C=O) groups is 1. The monoisotopic (exact) mass is 507 g/mol. The lowest BCUT2D eigenvalue weighted by atomic mass is 9.98. The predicted octanol–water partition coefficient (Wildman–Crippen LogP) is 4.35. The van der Waals surface area contributed by atoms with Crippen molar-refractivity contribution in [2.75, 3.05) is 18.5 Å². The van der Waals surface area contributed by atoms with Crippen LogP contribution < -0.4 is 16.4 Å². The first-order chi connectivity index (χ1) is 17.7. The Bertz CT molecular complexity index is 1330. The number of alkyl halides is 3. The Kier molecular flexibility index (Phi) is 9.16. The van der Waals surface area contributed by atoms with Gasteiger partial charge >= 0.3 is 6.18 Å². The molecule has 0 radical (unpaired) electrons. The summed E-state index contributed by atoms with van der Waals surface area (Å²) >= 11 is 0. The molecule has 0 aliphatic carbocycles. The Morgan fingerprint density at radius 1 is 1.05 bits per heavy atom. The molecule has 0 aliphatic rings. The summed E-state index contributed by atoms with van der Waals surface area (Å²) in [7, 11) is 0. The number of aliphatic imine (C=N–C) groups is 1. The molecule has 3 aromatic rings. The zero-order chi connectivity index (χ0) is 26.8. The number of nitriles is 1. The van der Waals surface area contributed by atoms with Gasteiger partial charge in [0.15, 0.2) is 0 Å². The first kappa shape index (κ1) is 27.1. The quantitative estimate of drug-likeness (QED) is 0.321. The molecule has 0 saturated carbocycles. The first-order valence-corrected chi connectivity index (χ1v) is 11.1. The van der Waals surface area contributed by atoms with Crippen LogP contribution in [0, 0.1) is 11.3 Å². The van der Waals surface area contributed by atoms with Gasteiger partial charge in [-0.25, -0.2) is 4.99 Å². The van der Waals surface area contributed by atoms with Gasteiger partial charge in [0, 0.05) is 12.2 Å². The van der Waals surface area contributed by atoms with E-state index in [0.29, 0.717) is 18.3 Å². The van der Waals surface area contributed by atoms with Crippen LogP contribution in [0.15, 0.2) is 95.6 Å². The summed E-state index contributed by atoms with van der Waals surface area (Å²) in [6.07, 6.45) is -4.41. The van der Waals surface area contributed by atoms with Crippen LogP contribution in [0.3, 0.4) is 0 Å². The van der Waals surface area contributed by atoms with Crippen LogP contribution in [-0.2, 0) is 4.79 Å². The maximum atomic E-state index is 13.1. The van der Waals surface area contributed by atoms with Gasteiger partial charge in [-0.05, 0) is 47.5 Å². The number of carbonyl (C=O) groups excluding carboxylic acids is 1. The Balaban J connectivity index is 1.95. The Morgan fingerprint density at radius 2 is 1.76 bits per heavy atom. The number of rotatable bonds is 9. The van der Waals surface area contributed by atoms with Crippen LogP contribution in [0.25, 0.3) is 0 Å². The molecule has 0 heterocycles. The van der Waals surface area contributed by atoms with E-state index >= 15 is 0 Å². The molecule has 0 spiro atoms. The van der Waals surface area contributed by atoms with Gasteiger partial charge in [0.2, 0.25) is 0 Å². The topological polar surface area (TPSA) is 124 Å². The summed E-state index contributed by atoms with van der Waals surface area (Å²) in [6, 6.07) is 23.6. The van der Waals surface area contributed by atoms with Gasteiger partial charge in [0.25, 0.3) is 5.91 Å². The van der Waals surface area contributed by atoms with E-state index in [1.165, 1.54) is 24.3 Å². The fourth-order valence-electron chi connectivity index (χ4n) is 3.44. The predicted molar refractivity (Wildman–Crippen MR) is 135 cm³/mol. The summed E-state index contributed by atoms with van der Waals surface area (Å²) < 4.78 is 39.3. The number of benzene rings is 3. The number of anilines is 1. The van der Waals surface area contributed by atoms with E-state index in [1.54, 1.807) is 18.2 Å². The lowest BCUT2D eigenvalue weighted by Gasteiger charge is -2.20. The van der Waals surface area contributed by atoms with E-state index in [0.717, 1.165) is 11.1 Å². The number of nitrogens with two attached hydrogens (primary N) is 1. The van der Waals surface area contributed by atoms with Crippen molar-refractivity contribution in [2.45, 2.75) is 12.2 Å². The van der Waals surface area contributed by atoms with Crippen LogP contribution in [-0.4, -0.2) is 36.1 Å². The van der Waals surface area contributed by atoms with E-state index in [-0.39, 0.29) is 23.9 Å². The van der Waals surface area contributed by atoms with Crippen LogP contribution in [0.5, 0.6) is 0 Å². The number of amides is 1. The molecule has 5 N–H and O–H groups in total. The normalized spacial score (nSPS) is 13.1. The van der Waals surface area contributed by atoms with Crippen molar-refractivity contribution < 1.29 is 23.1 Å². The highest BCUT2D eigenvalue weighted by molar-refractivity contribution is 6.47. The Morgan fingerprint density at radius 3 is 2.43 bits per heavy atom. The van der Waals surface area contributed by atoms with Gasteiger partial charge in [0.1, 0.15) is 11.4 Å². The van der Waals surface area contributed by atoms with Gasteiger partial charge in [-0.1, -0.05) is 48.5 Å². The number of nitrogens with zero attached hydrogens (tertiary/aromatic N) is 2. The number of halogens is 3. The molecule has 37 heavy (non-hydrogen) atoms. The van der Waals surface area contributed by atoms with Crippen LogP contribution in [0.1, 0.15) is 22.7 Å². The molecule has 7 nitrogen and oxygen atoms in total. The fourth-order valence-corrected chi connectivity index (χ4v) is 3.44. The van der Waals surface area contributed by atoms with Crippen molar-refractivity contribution in [1.82, 2.24) is 5.32 Å². The average Bonchev–Trinajstić information content (AvgIpc) is 2.89. The second-order valence-corrected chi connectivity index (χ2v) is 7.86. The molecular weight excluding hydrogens is 483 g/mol. The molecule has 190 valence electrons. The zero-order valence-corrected chi connectivity index (χ0v) is 19.5. The number of aliphatic hydroxyl groups excluding tert-OH is 1. The van der Waals surface area contributed by atoms with Crippen molar-refractivity contribution in [1.29, 1.82) is 5.26 Å². The van der Waals surface area contributed by atoms with Gasteiger partial charge in [-0.2, -0.15) is 18.4 Å². The molecule has 0 aliphatic heterocycles. The minimum absolute atomic E-state index is 0.0838. The smallest absolute Gasteiger partial charge is 0.395 e. The van der Waals surface area contributed by atoms with E-state index in [9.17, 15) is 23.1 Å². The van der Waals surface area contributed by atoms with Gasteiger partial charge < -0.3 is 21.5 Å². The van der Waals surface area contributed by atoms with Crippen molar-refractivity contribution in [3.63, 3.8) is 0 Å². The maximum absolute atomic E-state index is 13.1. The molecule has 10 heteroatoms. The van der Waals surface area contributed by atoms with Crippen molar-refractivity contribution in [3.8, 4) is 6.07 Å². The van der Waals surface area contributed by atoms with Crippen LogP contribution in [0.4, 0.5) is 24.5 Å². The highest BCUT2D eigenvalue weighted by Gasteiger charge is 2.32. The average molecular weight is 508 g/mol. The van der Waals surface area contributed by atoms with Crippen molar-refractivity contribution >= 4 is 23.0 Å². The SMILES string of the molecule is N#Cc1cccc(N=C(/C=C(\N)C(F)(F)F)C(=O)Nc2cccc(C(NCCO)c3ccccc3)c2)c1. The molecule has 1 unspecified atom stereocenters. The lowest BCUT2D eigenvalue weighted by molar-refractivity contribution is -0.110. The highest BCUT2D eigenvalue weighted by Crippen LogP contribution is 2.25. The van der Waals surface area contributed by atoms with Gasteiger partial charge in [0.05, 0.1) is 30.0 Å². The third-order valence-corrected chi connectivity index (χ3v) is 5.15. The zero-order valence-electron chi connectivity index (χ0n) is 19.5. The molecule has 0 aromatic heterocycles. The lowest BCUT2D eigenvalue weighted by Crippen LogP contribution is -2.27. The van der Waals surface area contributed by atoms with Gasteiger partial charge in [-0.3, -0.25) is 4.79 Å². The standard InChI is InChI=1S/C27H24F3N5O2/c28-27(29,30)24(32)16-23(34-21-10-4-6-18(14-21)17-31)26(37)35-22-11-5-9-20(15-22)25(33-12-13-36)19-7-2-1-3-8-19/h1-11,14-16,25,33,36H,12-13,32H2,(H,35,37)/b24-16-,34-23?. The maximum Gasteiger partial charge on any atom is 0.430 e. The van der Waals surface area contributed by atoms with E-state index in [2.05, 4.69) is 15.6 Å². The van der Waals surface area contributed by atoms with Crippen molar-refractivity contribution in [3.05, 3.63) is 107 Å². The highest BCUT2D eigenvalue weighted by atomic mass is 19.4. The summed E-state index contributed by atoms with van der Waals surface area (Å²) in [4.78, 5) is 17.1. The van der Waals surface area contributed by atoms with Crippen LogP contribution in [0.2, 0.25) is 0 Å². The molecule has 3 aromatic carbocycles. The number of allylic oxidation sites excluding steroid dienone is 1. The molecule has 1 amide bonds. The third-order valence-electron chi connectivity index (χ3n) is 5.15. The summed E-state index contributed by atoms with van der Waals surface area (Å²) in [5, 5.41) is 24.2. The molecule has 3 rings (SSSR count). The fraction of sp³-hybridized carbons (Fsp3) is 0.148.